The number of carbonyl (C=O) groups excluding carboxylic acids is 1. The van der Waals surface area contributed by atoms with Crippen molar-refractivity contribution < 1.29 is 4.79 Å². The maximum absolute atomic E-state index is 12.1. The number of benzene rings is 1. The van der Waals surface area contributed by atoms with Gasteiger partial charge in [-0.25, -0.2) is 4.98 Å². The second-order valence-electron chi connectivity index (χ2n) is 7.41. The van der Waals surface area contributed by atoms with E-state index < -0.39 is 5.91 Å². The monoisotopic (exact) mass is 409 g/mol. The van der Waals surface area contributed by atoms with Crippen LogP contribution in [0.5, 0.6) is 0 Å². The van der Waals surface area contributed by atoms with Crippen molar-refractivity contribution >= 4 is 23.3 Å². The number of pyridine rings is 1. The van der Waals surface area contributed by atoms with Gasteiger partial charge in [0.1, 0.15) is 5.82 Å². The Morgan fingerprint density at radius 2 is 1.97 bits per heavy atom. The summed E-state index contributed by atoms with van der Waals surface area (Å²) >= 11 is 6.06. The number of hydrogen-bond donors (Lipinski definition) is 2. The van der Waals surface area contributed by atoms with Gasteiger partial charge >= 0.3 is 0 Å². The summed E-state index contributed by atoms with van der Waals surface area (Å²) in [5, 5.41) is 8.01. The molecule has 0 bridgehead atoms. The highest BCUT2D eigenvalue weighted by Gasteiger charge is 2.19. The zero-order valence-corrected chi connectivity index (χ0v) is 17.0. The number of nitrogens with zero attached hydrogens (tertiary/aromatic N) is 3. The third-order valence-electron chi connectivity index (χ3n) is 5.32. The molecule has 2 aromatic heterocycles. The number of aromatic amines is 1. The predicted molar refractivity (Wildman–Crippen MR) is 114 cm³/mol. The van der Waals surface area contributed by atoms with E-state index in [1.54, 1.807) is 0 Å². The molecule has 4 rings (SSSR count). The van der Waals surface area contributed by atoms with Gasteiger partial charge in [-0.1, -0.05) is 29.8 Å². The molecule has 1 aromatic carbocycles. The third kappa shape index (κ3) is 4.59. The fourth-order valence-corrected chi connectivity index (χ4v) is 4.05. The molecule has 3 aromatic rings. The molecule has 6 nitrogen and oxygen atoms in total. The first kappa shape index (κ1) is 19.5. The lowest BCUT2D eigenvalue weighted by Crippen LogP contribution is -2.18. The molecule has 0 radical (unpaired) electrons. The van der Waals surface area contributed by atoms with Crippen LogP contribution in [-0.4, -0.2) is 34.2 Å². The van der Waals surface area contributed by atoms with E-state index in [9.17, 15) is 4.79 Å². The summed E-state index contributed by atoms with van der Waals surface area (Å²) in [5.41, 5.74) is 9.66. The van der Waals surface area contributed by atoms with Crippen LogP contribution in [-0.2, 0) is 19.3 Å². The fraction of sp³-hybridized carbons (Fsp3) is 0.318. The van der Waals surface area contributed by atoms with Crippen LogP contribution >= 0.6 is 11.6 Å². The lowest BCUT2D eigenvalue weighted by molar-refractivity contribution is 0.0998. The van der Waals surface area contributed by atoms with Crippen molar-refractivity contribution in [2.45, 2.75) is 32.1 Å². The summed E-state index contributed by atoms with van der Waals surface area (Å²) in [6, 6.07) is 11.7. The Morgan fingerprint density at radius 3 is 2.66 bits per heavy atom. The summed E-state index contributed by atoms with van der Waals surface area (Å²) in [7, 11) is 0. The number of rotatable bonds is 7. The fourth-order valence-electron chi connectivity index (χ4n) is 3.83. The van der Waals surface area contributed by atoms with E-state index in [1.165, 1.54) is 12.8 Å². The standard InChI is InChI=1S/C22H24ClN5O/c23-17-5-3-4-16(12-17)13-19-21(22(24)29)18(26-27-19)8-6-15-7-9-20(25-14-15)28-10-1-2-11-28/h3-5,7,9,12,14H,1-2,6,8,10-11,13H2,(H2,24,29)(H,26,27). The average molecular weight is 410 g/mol. The molecule has 7 heteroatoms. The Bertz CT molecular complexity index is 993. The van der Waals surface area contributed by atoms with Gasteiger partial charge in [-0.3, -0.25) is 9.89 Å². The van der Waals surface area contributed by atoms with Gasteiger partial charge in [-0.05, 0) is 55.0 Å². The number of carbonyl (C=O) groups is 1. The van der Waals surface area contributed by atoms with E-state index in [0.717, 1.165) is 42.1 Å². The Kier molecular flexibility index (Phi) is 5.81. The van der Waals surface area contributed by atoms with Crippen LogP contribution in [0.3, 0.4) is 0 Å². The number of hydrogen-bond acceptors (Lipinski definition) is 4. The zero-order valence-electron chi connectivity index (χ0n) is 16.2. The minimum atomic E-state index is -0.465. The van der Waals surface area contributed by atoms with Gasteiger partial charge < -0.3 is 10.6 Å². The number of nitrogens with two attached hydrogens (primary N) is 1. The zero-order chi connectivity index (χ0) is 20.2. The summed E-state index contributed by atoms with van der Waals surface area (Å²) in [4.78, 5) is 19.0. The van der Waals surface area contributed by atoms with Crippen molar-refractivity contribution in [2.24, 2.45) is 5.73 Å². The number of aryl methyl sites for hydroxylation is 2. The van der Waals surface area contributed by atoms with Crippen LogP contribution in [0.2, 0.25) is 5.02 Å². The van der Waals surface area contributed by atoms with E-state index in [-0.39, 0.29) is 0 Å². The van der Waals surface area contributed by atoms with Crippen molar-refractivity contribution in [1.82, 2.24) is 15.2 Å². The van der Waals surface area contributed by atoms with Crippen LogP contribution < -0.4 is 10.6 Å². The number of halogens is 1. The number of amides is 1. The molecule has 1 aliphatic rings. The lowest BCUT2D eigenvalue weighted by atomic mass is 10.0. The molecule has 0 atom stereocenters. The van der Waals surface area contributed by atoms with E-state index in [1.807, 2.05) is 30.5 Å². The number of aromatic nitrogens is 3. The molecule has 3 heterocycles. The molecule has 29 heavy (non-hydrogen) atoms. The largest absolute Gasteiger partial charge is 0.365 e. The normalized spacial score (nSPS) is 13.8. The lowest BCUT2D eigenvalue weighted by Gasteiger charge is -2.16. The highest BCUT2D eigenvalue weighted by Crippen LogP contribution is 2.21. The first-order valence-corrected chi connectivity index (χ1v) is 10.3. The number of H-pyrrole nitrogens is 1. The molecule has 1 saturated heterocycles. The van der Waals surface area contributed by atoms with Crippen LogP contribution in [0.25, 0.3) is 0 Å². The van der Waals surface area contributed by atoms with Gasteiger partial charge in [0.2, 0.25) is 0 Å². The van der Waals surface area contributed by atoms with Crippen molar-refractivity contribution in [3.05, 3.63) is 75.7 Å². The van der Waals surface area contributed by atoms with Crippen LogP contribution in [0.4, 0.5) is 5.82 Å². The molecule has 0 saturated carbocycles. The number of primary amides is 1. The summed E-state index contributed by atoms with van der Waals surface area (Å²) in [6.07, 6.45) is 6.27. The predicted octanol–water partition coefficient (Wildman–Crippen LogP) is 3.53. The topological polar surface area (TPSA) is 87.9 Å². The molecule has 3 N–H and O–H groups in total. The van der Waals surface area contributed by atoms with E-state index in [0.29, 0.717) is 29.1 Å². The van der Waals surface area contributed by atoms with Crippen molar-refractivity contribution in [3.8, 4) is 0 Å². The highest BCUT2D eigenvalue weighted by atomic mass is 35.5. The molecule has 0 spiro atoms. The maximum Gasteiger partial charge on any atom is 0.252 e. The average Bonchev–Trinajstić information content (AvgIpc) is 3.37. The smallest absolute Gasteiger partial charge is 0.252 e. The minimum absolute atomic E-state index is 0.465. The van der Waals surface area contributed by atoms with Crippen molar-refractivity contribution in [2.75, 3.05) is 18.0 Å². The quantitative estimate of drug-likeness (QED) is 0.624. The number of nitrogens with one attached hydrogen (secondary N) is 1. The molecule has 0 unspecified atom stereocenters. The van der Waals surface area contributed by atoms with E-state index in [2.05, 4.69) is 32.2 Å². The third-order valence-corrected chi connectivity index (χ3v) is 5.56. The van der Waals surface area contributed by atoms with Gasteiger partial charge in [0.25, 0.3) is 5.91 Å². The highest BCUT2D eigenvalue weighted by molar-refractivity contribution is 6.30. The molecular weight excluding hydrogens is 386 g/mol. The van der Waals surface area contributed by atoms with E-state index >= 15 is 0 Å². The Hall–Kier alpha value is -2.86. The first-order chi connectivity index (χ1) is 14.1. The van der Waals surface area contributed by atoms with Gasteiger partial charge in [-0.2, -0.15) is 5.10 Å². The molecular formula is C22H24ClN5O. The molecule has 0 aliphatic carbocycles. The van der Waals surface area contributed by atoms with Gasteiger partial charge in [-0.15, -0.1) is 0 Å². The van der Waals surface area contributed by atoms with Gasteiger partial charge in [0, 0.05) is 30.7 Å². The second-order valence-corrected chi connectivity index (χ2v) is 7.85. The van der Waals surface area contributed by atoms with Crippen LogP contribution in [0, 0.1) is 0 Å². The molecule has 1 amide bonds. The van der Waals surface area contributed by atoms with E-state index in [4.69, 9.17) is 17.3 Å². The Balaban J connectivity index is 1.45. The number of anilines is 1. The Morgan fingerprint density at radius 1 is 1.14 bits per heavy atom. The van der Waals surface area contributed by atoms with Crippen LogP contribution in [0.1, 0.15) is 45.7 Å². The maximum atomic E-state index is 12.1. The molecule has 150 valence electrons. The first-order valence-electron chi connectivity index (χ1n) is 9.90. The summed E-state index contributed by atoms with van der Waals surface area (Å²) in [6.45, 7) is 2.16. The SMILES string of the molecule is NC(=O)c1c(CCc2ccc(N3CCCC3)nc2)n[nH]c1Cc1cccc(Cl)c1. The molecule has 1 aliphatic heterocycles. The molecule has 1 fully saturated rings. The van der Waals surface area contributed by atoms with Gasteiger partial charge in [0.15, 0.2) is 0 Å². The summed E-state index contributed by atoms with van der Waals surface area (Å²) < 4.78 is 0. The van der Waals surface area contributed by atoms with Crippen molar-refractivity contribution in [3.63, 3.8) is 0 Å². The van der Waals surface area contributed by atoms with Gasteiger partial charge in [0.05, 0.1) is 17.0 Å². The Labute approximate surface area is 175 Å². The summed E-state index contributed by atoms with van der Waals surface area (Å²) in [5.74, 6) is 0.570. The second kappa shape index (κ2) is 8.66. The van der Waals surface area contributed by atoms with Crippen molar-refractivity contribution in [1.29, 1.82) is 0 Å². The van der Waals surface area contributed by atoms with Crippen LogP contribution in [0.15, 0.2) is 42.6 Å². The minimum Gasteiger partial charge on any atom is -0.365 e.